The van der Waals surface area contributed by atoms with Crippen LogP contribution < -0.4 is 11.3 Å². The molecule has 3 N–H and O–H groups in total. The van der Waals surface area contributed by atoms with Crippen LogP contribution in [0.5, 0.6) is 0 Å². The Morgan fingerprint density at radius 3 is 2.85 bits per heavy atom. The van der Waals surface area contributed by atoms with Gasteiger partial charge in [0.05, 0.1) is 6.54 Å². The molecule has 1 unspecified atom stereocenters. The number of hydrogen-bond donors (Lipinski definition) is 2. The van der Waals surface area contributed by atoms with E-state index in [1.54, 1.807) is 0 Å². The molecular formula is C13H23N5OS. The van der Waals surface area contributed by atoms with Crippen molar-refractivity contribution >= 4 is 22.4 Å². The zero-order chi connectivity index (χ0) is 14.8. The molecule has 2 heterocycles. The summed E-state index contributed by atoms with van der Waals surface area (Å²) < 4.78 is 3.87. The van der Waals surface area contributed by atoms with Gasteiger partial charge in [-0.05, 0) is 24.2 Å². The van der Waals surface area contributed by atoms with Gasteiger partial charge in [-0.25, -0.2) is 5.84 Å². The molecule has 1 saturated heterocycles. The highest BCUT2D eigenvalue weighted by atomic mass is 32.1. The number of nitrogens with zero attached hydrogens (tertiary/aromatic N) is 3. The van der Waals surface area contributed by atoms with Gasteiger partial charge in [0.1, 0.15) is 10.7 Å². The van der Waals surface area contributed by atoms with Crippen LogP contribution in [0.4, 0.5) is 5.00 Å². The summed E-state index contributed by atoms with van der Waals surface area (Å²) in [6.07, 6.45) is 2.62. The molecule has 7 heteroatoms. The van der Waals surface area contributed by atoms with Gasteiger partial charge in [0.15, 0.2) is 0 Å². The molecule has 2 rings (SSSR count). The Kier molecular flexibility index (Phi) is 4.59. The molecule has 0 spiro atoms. The standard InChI is InChI=1S/C13H23N5OS/c1-13(2,3)9-4-5-11(19)18(7-6-9)8-10-12(15-14)20-17-16-10/h9,15H,4-8,14H2,1-3H3. The van der Waals surface area contributed by atoms with E-state index in [-0.39, 0.29) is 11.3 Å². The fourth-order valence-corrected chi connectivity index (χ4v) is 3.16. The Morgan fingerprint density at radius 1 is 1.45 bits per heavy atom. The molecule has 1 aliphatic rings. The number of amides is 1. The zero-order valence-corrected chi connectivity index (χ0v) is 13.2. The molecule has 1 fully saturated rings. The smallest absolute Gasteiger partial charge is 0.222 e. The molecule has 1 aromatic heterocycles. The summed E-state index contributed by atoms with van der Waals surface area (Å²) in [4.78, 5) is 14.1. The van der Waals surface area contributed by atoms with Gasteiger partial charge in [0, 0.05) is 24.5 Å². The Labute approximate surface area is 123 Å². The van der Waals surface area contributed by atoms with Gasteiger partial charge in [0.25, 0.3) is 0 Å². The van der Waals surface area contributed by atoms with Crippen molar-refractivity contribution in [2.45, 2.75) is 46.6 Å². The topological polar surface area (TPSA) is 84.1 Å². The average Bonchev–Trinajstić information content (AvgIpc) is 2.73. The van der Waals surface area contributed by atoms with E-state index in [0.29, 0.717) is 18.9 Å². The molecule has 1 amide bonds. The van der Waals surface area contributed by atoms with E-state index in [1.807, 2.05) is 4.90 Å². The van der Waals surface area contributed by atoms with Crippen molar-refractivity contribution in [1.82, 2.24) is 14.5 Å². The van der Waals surface area contributed by atoms with E-state index in [9.17, 15) is 4.79 Å². The van der Waals surface area contributed by atoms with E-state index < -0.39 is 0 Å². The molecule has 0 bridgehead atoms. The van der Waals surface area contributed by atoms with Crippen LogP contribution >= 0.6 is 11.5 Å². The highest BCUT2D eigenvalue weighted by Crippen LogP contribution is 2.35. The zero-order valence-electron chi connectivity index (χ0n) is 12.3. The van der Waals surface area contributed by atoms with E-state index >= 15 is 0 Å². The molecule has 1 atom stereocenters. The first-order valence-corrected chi connectivity index (χ1v) is 7.74. The second-order valence-electron chi connectivity index (χ2n) is 6.40. The van der Waals surface area contributed by atoms with Crippen LogP contribution in [-0.4, -0.2) is 26.9 Å². The fourth-order valence-electron chi connectivity index (χ4n) is 2.67. The Balaban J connectivity index is 2.04. The molecular weight excluding hydrogens is 274 g/mol. The summed E-state index contributed by atoms with van der Waals surface area (Å²) in [5.41, 5.74) is 3.59. The van der Waals surface area contributed by atoms with E-state index in [0.717, 1.165) is 30.1 Å². The van der Waals surface area contributed by atoms with Crippen LogP contribution in [0, 0.1) is 11.3 Å². The first kappa shape index (κ1) is 15.2. The molecule has 1 aliphatic heterocycles. The van der Waals surface area contributed by atoms with Gasteiger partial charge in [-0.3, -0.25) is 4.79 Å². The normalized spacial score (nSPS) is 20.9. The molecule has 0 saturated carbocycles. The lowest BCUT2D eigenvalue weighted by Gasteiger charge is -2.29. The number of nitrogens with one attached hydrogen (secondary N) is 1. The number of aromatic nitrogens is 2. The van der Waals surface area contributed by atoms with Gasteiger partial charge < -0.3 is 10.3 Å². The Bertz CT molecular complexity index is 468. The van der Waals surface area contributed by atoms with Crippen LogP contribution in [0.3, 0.4) is 0 Å². The number of carbonyl (C=O) groups is 1. The molecule has 0 aromatic carbocycles. The summed E-state index contributed by atoms with van der Waals surface area (Å²) >= 11 is 1.21. The van der Waals surface area contributed by atoms with Gasteiger partial charge in [0.2, 0.25) is 5.91 Å². The van der Waals surface area contributed by atoms with Crippen LogP contribution in [-0.2, 0) is 11.3 Å². The fraction of sp³-hybridized carbons (Fsp3) is 0.769. The minimum absolute atomic E-state index is 0.202. The lowest BCUT2D eigenvalue weighted by atomic mass is 9.77. The second-order valence-corrected chi connectivity index (χ2v) is 7.15. The van der Waals surface area contributed by atoms with Crippen molar-refractivity contribution in [2.75, 3.05) is 12.0 Å². The second kappa shape index (κ2) is 6.05. The molecule has 1 aromatic rings. The number of hydrogen-bond acceptors (Lipinski definition) is 6. The van der Waals surface area contributed by atoms with Crippen LogP contribution in [0.25, 0.3) is 0 Å². The maximum Gasteiger partial charge on any atom is 0.222 e. The van der Waals surface area contributed by atoms with Crippen molar-refractivity contribution in [3.05, 3.63) is 5.69 Å². The number of nitrogens with two attached hydrogens (primary N) is 1. The monoisotopic (exact) mass is 297 g/mol. The van der Waals surface area contributed by atoms with Crippen molar-refractivity contribution < 1.29 is 4.79 Å². The number of likely N-dealkylation sites (tertiary alicyclic amines) is 1. The van der Waals surface area contributed by atoms with E-state index in [4.69, 9.17) is 5.84 Å². The molecule has 112 valence electrons. The Hall–Kier alpha value is -1.21. The summed E-state index contributed by atoms with van der Waals surface area (Å²) in [6, 6.07) is 0. The Morgan fingerprint density at radius 2 is 2.20 bits per heavy atom. The summed E-state index contributed by atoms with van der Waals surface area (Å²) in [7, 11) is 0. The predicted octanol–water partition coefficient (Wildman–Crippen LogP) is 2.00. The summed E-state index contributed by atoms with van der Waals surface area (Å²) in [6.45, 7) is 8.02. The minimum atomic E-state index is 0.202. The highest BCUT2D eigenvalue weighted by molar-refractivity contribution is 7.10. The van der Waals surface area contributed by atoms with Gasteiger partial charge in [-0.1, -0.05) is 25.3 Å². The van der Waals surface area contributed by atoms with E-state index in [1.165, 1.54) is 11.5 Å². The largest absolute Gasteiger partial charge is 0.337 e. The third-order valence-corrected chi connectivity index (χ3v) is 4.76. The van der Waals surface area contributed by atoms with Crippen LogP contribution in [0.1, 0.15) is 45.7 Å². The minimum Gasteiger partial charge on any atom is -0.337 e. The third-order valence-electron chi connectivity index (χ3n) is 4.06. The molecule has 0 radical (unpaired) electrons. The lowest BCUT2D eigenvalue weighted by Crippen LogP contribution is -2.30. The highest BCUT2D eigenvalue weighted by Gasteiger charge is 2.30. The number of hydrazine groups is 1. The van der Waals surface area contributed by atoms with Crippen molar-refractivity contribution in [3.8, 4) is 0 Å². The van der Waals surface area contributed by atoms with Crippen LogP contribution in [0.15, 0.2) is 0 Å². The van der Waals surface area contributed by atoms with Crippen molar-refractivity contribution in [1.29, 1.82) is 0 Å². The van der Waals surface area contributed by atoms with Crippen molar-refractivity contribution in [2.24, 2.45) is 17.2 Å². The first-order chi connectivity index (χ1) is 9.41. The summed E-state index contributed by atoms with van der Waals surface area (Å²) in [5.74, 6) is 6.20. The lowest BCUT2D eigenvalue weighted by molar-refractivity contribution is -0.131. The maximum atomic E-state index is 12.2. The van der Waals surface area contributed by atoms with Gasteiger partial charge in [-0.2, -0.15) is 0 Å². The van der Waals surface area contributed by atoms with Crippen LogP contribution in [0.2, 0.25) is 0 Å². The molecule has 0 aliphatic carbocycles. The SMILES string of the molecule is CC(C)(C)C1CCC(=O)N(Cc2nnsc2NN)CC1. The third kappa shape index (κ3) is 3.46. The van der Waals surface area contributed by atoms with Gasteiger partial charge >= 0.3 is 0 Å². The first-order valence-electron chi connectivity index (χ1n) is 6.97. The number of rotatable bonds is 3. The number of nitrogen functional groups attached to an aromatic ring is 1. The van der Waals surface area contributed by atoms with E-state index in [2.05, 4.69) is 35.8 Å². The molecule has 20 heavy (non-hydrogen) atoms. The number of anilines is 1. The maximum absolute atomic E-state index is 12.2. The molecule has 6 nitrogen and oxygen atoms in total. The quantitative estimate of drug-likeness (QED) is 0.658. The number of carbonyl (C=O) groups excluding carboxylic acids is 1. The average molecular weight is 297 g/mol. The summed E-state index contributed by atoms with van der Waals surface area (Å²) in [5, 5.41) is 4.78. The van der Waals surface area contributed by atoms with Gasteiger partial charge in [-0.15, -0.1) is 5.10 Å². The predicted molar refractivity (Wildman–Crippen MR) is 79.9 cm³/mol. The van der Waals surface area contributed by atoms with Crippen molar-refractivity contribution in [3.63, 3.8) is 0 Å².